The van der Waals surface area contributed by atoms with E-state index >= 15 is 0 Å². The Hall–Kier alpha value is -1.03. The predicted octanol–water partition coefficient (Wildman–Crippen LogP) is 2.06. The van der Waals surface area contributed by atoms with Crippen molar-refractivity contribution < 1.29 is 15.0 Å². The molecule has 1 atom stereocenters. The molecule has 0 heterocycles. The van der Waals surface area contributed by atoms with Crippen molar-refractivity contribution in [1.82, 2.24) is 0 Å². The first kappa shape index (κ1) is 10.1. The van der Waals surface area contributed by atoms with E-state index in [4.69, 9.17) is 5.11 Å². The van der Waals surface area contributed by atoms with Crippen molar-refractivity contribution >= 4 is 21.7 Å². The highest BCUT2D eigenvalue weighted by Crippen LogP contribution is 2.24. The zero-order valence-corrected chi connectivity index (χ0v) is 8.58. The van der Waals surface area contributed by atoms with Gasteiger partial charge in [0.25, 0.3) is 0 Å². The van der Waals surface area contributed by atoms with Crippen LogP contribution >= 0.6 is 15.9 Å². The summed E-state index contributed by atoms with van der Waals surface area (Å²) < 4.78 is 0. The standard InChI is InChI=1S/C9H9BrO3/c1-5(10)9(13)7-3-2-6(11)4-8(7)12/h2-5,11-12H,1H3. The van der Waals surface area contributed by atoms with Crippen molar-refractivity contribution in [3.05, 3.63) is 23.8 Å². The Morgan fingerprint density at radius 1 is 1.46 bits per heavy atom. The van der Waals surface area contributed by atoms with Gasteiger partial charge in [0, 0.05) is 6.07 Å². The summed E-state index contributed by atoms with van der Waals surface area (Å²) >= 11 is 3.11. The lowest BCUT2D eigenvalue weighted by Crippen LogP contribution is -2.09. The molecule has 0 fully saturated rings. The fourth-order valence-electron chi connectivity index (χ4n) is 0.943. The Morgan fingerprint density at radius 3 is 2.54 bits per heavy atom. The van der Waals surface area contributed by atoms with E-state index in [1.165, 1.54) is 12.1 Å². The summed E-state index contributed by atoms with van der Waals surface area (Å²) in [5.74, 6) is -0.468. The van der Waals surface area contributed by atoms with E-state index in [0.29, 0.717) is 0 Å². The van der Waals surface area contributed by atoms with Crippen LogP contribution in [0.3, 0.4) is 0 Å². The van der Waals surface area contributed by atoms with Gasteiger partial charge in [0.1, 0.15) is 11.5 Å². The predicted molar refractivity (Wildman–Crippen MR) is 52.5 cm³/mol. The lowest BCUT2D eigenvalue weighted by atomic mass is 10.1. The first-order valence-corrected chi connectivity index (χ1v) is 4.64. The van der Waals surface area contributed by atoms with Crippen LogP contribution in [-0.4, -0.2) is 20.8 Å². The topological polar surface area (TPSA) is 57.5 Å². The molecule has 1 aromatic rings. The molecule has 0 aromatic heterocycles. The highest BCUT2D eigenvalue weighted by molar-refractivity contribution is 9.10. The molecule has 0 aliphatic heterocycles. The number of halogens is 1. The lowest BCUT2D eigenvalue weighted by molar-refractivity contribution is 0.0993. The van der Waals surface area contributed by atoms with Crippen LogP contribution in [0.1, 0.15) is 17.3 Å². The number of aromatic hydroxyl groups is 2. The number of phenolic OH excluding ortho intramolecular Hbond substituents is 2. The molecule has 0 spiro atoms. The number of carbonyl (C=O) groups is 1. The SMILES string of the molecule is CC(Br)C(=O)c1ccc(O)cc1O. The van der Waals surface area contributed by atoms with Crippen molar-refractivity contribution in [1.29, 1.82) is 0 Å². The van der Waals surface area contributed by atoms with Gasteiger partial charge in [0.15, 0.2) is 5.78 Å². The minimum absolute atomic E-state index is 0.0590. The third-order valence-electron chi connectivity index (χ3n) is 1.61. The Labute approximate surface area is 84.1 Å². The Kier molecular flexibility index (Phi) is 2.93. The number of benzene rings is 1. The molecule has 4 heteroatoms. The van der Waals surface area contributed by atoms with Gasteiger partial charge in [0.05, 0.1) is 10.4 Å². The van der Waals surface area contributed by atoms with Crippen LogP contribution < -0.4 is 0 Å². The molecule has 0 amide bonds. The summed E-state index contributed by atoms with van der Waals surface area (Å²) in [7, 11) is 0. The van der Waals surface area contributed by atoms with Gasteiger partial charge in [-0.15, -0.1) is 0 Å². The molecular weight excluding hydrogens is 236 g/mol. The summed E-state index contributed by atoms with van der Waals surface area (Å²) in [5, 5.41) is 18.3. The van der Waals surface area contributed by atoms with Crippen LogP contribution in [0.5, 0.6) is 11.5 Å². The van der Waals surface area contributed by atoms with Gasteiger partial charge in [-0.25, -0.2) is 0 Å². The molecule has 0 bridgehead atoms. The second kappa shape index (κ2) is 3.79. The first-order valence-electron chi connectivity index (χ1n) is 3.72. The molecule has 13 heavy (non-hydrogen) atoms. The van der Waals surface area contributed by atoms with E-state index in [0.717, 1.165) is 6.07 Å². The normalized spacial score (nSPS) is 12.5. The van der Waals surface area contributed by atoms with Crippen LogP contribution in [0.15, 0.2) is 18.2 Å². The van der Waals surface area contributed by atoms with Gasteiger partial charge in [-0.2, -0.15) is 0 Å². The summed E-state index contributed by atoms with van der Waals surface area (Å²) in [5.41, 5.74) is 0.210. The average Bonchev–Trinajstić information content (AvgIpc) is 2.03. The fourth-order valence-corrected chi connectivity index (χ4v) is 1.19. The van der Waals surface area contributed by atoms with Gasteiger partial charge in [-0.1, -0.05) is 15.9 Å². The van der Waals surface area contributed by atoms with Gasteiger partial charge >= 0.3 is 0 Å². The van der Waals surface area contributed by atoms with Crippen molar-refractivity contribution in [2.45, 2.75) is 11.8 Å². The lowest BCUT2D eigenvalue weighted by Gasteiger charge is -2.05. The average molecular weight is 245 g/mol. The maximum atomic E-state index is 11.4. The fraction of sp³-hybridized carbons (Fsp3) is 0.222. The number of rotatable bonds is 2. The van der Waals surface area contributed by atoms with E-state index in [1.807, 2.05) is 0 Å². The number of hydrogen-bond donors (Lipinski definition) is 2. The van der Waals surface area contributed by atoms with Gasteiger partial charge in [-0.3, -0.25) is 4.79 Å². The number of hydrogen-bond acceptors (Lipinski definition) is 3. The van der Waals surface area contributed by atoms with E-state index in [9.17, 15) is 9.90 Å². The molecule has 0 saturated heterocycles. The molecule has 1 aromatic carbocycles. The van der Waals surface area contributed by atoms with Crippen LogP contribution in [0, 0.1) is 0 Å². The van der Waals surface area contributed by atoms with Crippen LogP contribution in [0.4, 0.5) is 0 Å². The zero-order valence-electron chi connectivity index (χ0n) is 6.99. The summed E-state index contributed by atoms with van der Waals surface area (Å²) in [6.07, 6.45) is 0. The van der Waals surface area contributed by atoms with Crippen molar-refractivity contribution in [3.63, 3.8) is 0 Å². The Balaban J connectivity index is 3.09. The van der Waals surface area contributed by atoms with Crippen molar-refractivity contribution in [3.8, 4) is 11.5 Å². The van der Waals surface area contributed by atoms with Crippen molar-refractivity contribution in [2.24, 2.45) is 0 Å². The summed E-state index contributed by atoms with van der Waals surface area (Å²) in [6.45, 7) is 1.68. The van der Waals surface area contributed by atoms with Crippen LogP contribution in [0.2, 0.25) is 0 Å². The second-order valence-electron chi connectivity index (χ2n) is 2.68. The molecule has 1 unspecified atom stereocenters. The van der Waals surface area contributed by atoms with E-state index in [1.54, 1.807) is 6.92 Å². The van der Waals surface area contributed by atoms with E-state index in [2.05, 4.69) is 15.9 Å². The number of Topliss-reactive ketones (excluding diaryl/α,β-unsaturated/α-hetero) is 1. The molecule has 0 aliphatic rings. The number of carbonyl (C=O) groups excluding carboxylic acids is 1. The van der Waals surface area contributed by atoms with Crippen LogP contribution in [0.25, 0.3) is 0 Å². The smallest absolute Gasteiger partial charge is 0.179 e. The third kappa shape index (κ3) is 2.21. The molecule has 2 N–H and O–H groups in total. The molecule has 3 nitrogen and oxygen atoms in total. The Morgan fingerprint density at radius 2 is 2.08 bits per heavy atom. The van der Waals surface area contributed by atoms with Crippen molar-refractivity contribution in [2.75, 3.05) is 0 Å². The highest BCUT2D eigenvalue weighted by atomic mass is 79.9. The largest absolute Gasteiger partial charge is 0.508 e. The molecule has 70 valence electrons. The molecule has 0 radical (unpaired) electrons. The molecule has 0 aliphatic carbocycles. The van der Waals surface area contributed by atoms with Gasteiger partial charge in [0.2, 0.25) is 0 Å². The first-order chi connectivity index (χ1) is 6.02. The maximum Gasteiger partial charge on any atom is 0.179 e. The number of ketones is 1. The van der Waals surface area contributed by atoms with E-state index < -0.39 is 0 Å². The Bertz CT molecular complexity index is 334. The summed E-state index contributed by atoms with van der Waals surface area (Å²) in [4.78, 5) is 11.0. The molecule has 1 rings (SSSR count). The van der Waals surface area contributed by atoms with Gasteiger partial charge < -0.3 is 10.2 Å². The minimum atomic E-state index is -0.344. The molecule has 0 saturated carbocycles. The zero-order chi connectivity index (χ0) is 10.0. The third-order valence-corrected chi connectivity index (χ3v) is 2.02. The minimum Gasteiger partial charge on any atom is -0.508 e. The number of phenols is 2. The highest BCUT2D eigenvalue weighted by Gasteiger charge is 2.15. The second-order valence-corrected chi connectivity index (χ2v) is 4.06. The van der Waals surface area contributed by atoms with Gasteiger partial charge in [-0.05, 0) is 19.1 Å². The molecular formula is C9H9BrO3. The van der Waals surface area contributed by atoms with E-state index in [-0.39, 0.29) is 27.7 Å². The summed E-state index contributed by atoms with van der Waals surface area (Å²) in [6, 6.07) is 3.90. The van der Waals surface area contributed by atoms with Crippen LogP contribution in [-0.2, 0) is 0 Å². The quantitative estimate of drug-likeness (QED) is 0.619. The monoisotopic (exact) mass is 244 g/mol. The number of alkyl halides is 1. The maximum absolute atomic E-state index is 11.4.